The molecule has 0 fully saturated rings. The van der Waals surface area contributed by atoms with Crippen LogP contribution in [0, 0.1) is 13.8 Å². The number of H-pyrrole nitrogens is 1. The molecule has 3 rings (SSSR count). The van der Waals surface area contributed by atoms with Gasteiger partial charge in [-0.15, -0.1) is 0 Å². The average molecular weight is 313 g/mol. The molecule has 2 heterocycles. The van der Waals surface area contributed by atoms with Crippen molar-refractivity contribution < 1.29 is 19.2 Å². The molecule has 0 atom stereocenters. The SMILES string of the molecule is Cc1n[nH]c(C)c1CCC(=O)ON1C(=O)c2ccccc2C1=O. The number of hydrogen-bond acceptors (Lipinski definition) is 5. The Kier molecular flexibility index (Phi) is 3.69. The summed E-state index contributed by atoms with van der Waals surface area (Å²) in [6.07, 6.45) is 0.477. The van der Waals surface area contributed by atoms with Crippen molar-refractivity contribution in [1.82, 2.24) is 15.3 Å². The lowest BCUT2D eigenvalue weighted by Crippen LogP contribution is -2.32. The van der Waals surface area contributed by atoms with Crippen molar-refractivity contribution in [3.05, 3.63) is 52.3 Å². The van der Waals surface area contributed by atoms with Crippen molar-refractivity contribution in [2.45, 2.75) is 26.7 Å². The van der Waals surface area contributed by atoms with Crippen LogP contribution in [0.1, 0.15) is 44.1 Å². The van der Waals surface area contributed by atoms with Gasteiger partial charge in [-0.3, -0.25) is 14.7 Å². The first-order valence-corrected chi connectivity index (χ1v) is 7.18. The van der Waals surface area contributed by atoms with Gasteiger partial charge in [-0.1, -0.05) is 17.2 Å². The topological polar surface area (TPSA) is 92.4 Å². The number of amides is 2. The molecule has 7 nitrogen and oxygen atoms in total. The molecule has 1 aromatic carbocycles. The highest BCUT2D eigenvalue weighted by Gasteiger charge is 2.38. The van der Waals surface area contributed by atoms with Crippen LogP contribution in [0.2, 0.25) is 0 Å². The molecule has 2 amide bonds. The van der Waals surface area contributed by atoms with E-state index in [1.165, 1.54) is 12.1 Å². The predicted octanol–water partition coefficient (Wildman–Crippen LogP) is 1.71. The van der Waals surface area contributed by atoms with Crippen LogP contribution in [0.15, 0.2) is 24.3 Å². The van der Waals surface area contributed by atoms with Gasteiger partial charge >= 0.3 is 5.97 Å². The number of aromatic nitrogens is 2. The van der Waals surface area contributed by atoms with Crippen LogP contribution in [0.5, 0.6) is 0 Å². The maximum Gasteiger partial charge on any atom is 0.333 e. The summed E-state index contributed by atoms with van der Waals surface area (Å²) < 4.78 is 0. The second-order valence-corrected chi connectivity index (χ2v) is 5.33. The smallest absolute Gasteiger partial charge is 0.330 e. The van der Waals surface area contributed by atoms with Crippen LogP contribution in [0.4, 0.5) is 0 Å². The van der Waals surface area contributed by atoms with Gasteiger partial charge in [0.2, 0.25) is 0 Å². The summed E-state index contributed by atoms with van der Waals surface area (Å²) in [5, 5.41) is 7.42. The number of nitrogens with zero attached hydrogens (tertiary/aromatic N) is 2. The number of carbonyl (C=O) groups is 3. The summed E-state index contributed by atoms with van der Waals surface area (Å²) in [5.41, 5.74) is 3.12. The van der Waals surface area contributed by atoms with Gasteiger partial charge in [0.15, 0.2) is 0 Å². The van der Waals surface area contributed by atoms with Crippen molar-refractivity contribution in [2.75, 3.05) is 0 Å². The molecule has 1 aromatic heterocycles. The summed E-state index contributed by atoms with van der Waals surface area (Å²) in [5.74, 6) is -1.87. The molecule has 0 bridgehead atoms. The first-order chi connectivity index (χ1) is 11.0. The summed E-state index contributed by atoms with van der Waals surface area (Å²) in [4.78, 5) is 41.1. The van der Waals surface area contributed by atoms with E-state index in [1.807, 2.05) is 13.8 Å². The fourth-order valence-electron chi connectivity index (χ4n) is 2.57. The highest BCUT2D eigenvalue weighted by molar-refractivity contribution is 6.20. The minimum atomic E-state index is -0.639. The van der Waals surface area contributed by atoms with E-state index in [2.05, 4.69) is 10.2 Å². The number of benzene rings is 1. The zero-order valence-corrected chi connectivity index (χ0v) is 12.8. The average Bonchev–Trinajstić information content (AvgIpc) is 2.98. The standard InChI is InChI=1S/C16H15N3O4/c1-9-11(10(2)18-17-9)7-8-14(20)23-19-15(21)12-5-3-4-6-13(12)16(19)22/h3-6H,7-8H2,1-2H3,(H,17,18). The van der Waals surface area contributed by atoms with E-state index >= 15 is 0 Å². The third-order valence-corrected chi connectivity index (χ3v) is 3.81. The van der Waals surface area contributed by atoms with Crippen LogP contribution >= 0.6 is 0 Å². The van der Waals surface area contributed by atoms with Crippen LogP contribution in [-0.4, -0.2) is 33.0 Å². The summed E-state index contributed by atoms with van der Waals surface area (Å²) in [7, 11) is 0. The van der Waals surface area contributed by atoms with Gasteiger partial charge in [0, 0.05) is 5.69 Å². The fraction of sp³-hybridized carbons (Fsp3) is 0.250. The van der Waals surface area contributed by atoms with Crippen molar-refractivity contribution in [1.29, 1.82) is 0 Å². The molecule has 0 radical (unpaired) electrons. The van der Waals surface area contributed by atoms with Crippen molar-refractivity contribution in [3.8, 4) is 0 Å². The quantitative estimate of drug-likeness (QED) is 0.868. The second kappa shape index (κ2) is 5.68. The van der Waals surface area contributed by atoms with Gasteiger partial charge in [-0.25, -0.2) is 4.79 Å². The molecule has 0 spiro atoms. The molecule has 7 heteroatoms. The van der Waals surface area contributed by atoms with Crippen LogP contribution < -0.4 is 0 Å². The molecule has 1 aliphatic heterocycles. The summed E-state index contributed by atoms with van der Waals surface area (Å²) in [6, 6.07) is 6.36. The lowest BCUT2D eigenvalue weighted by Gasteiger charge is -2.12. The van der Waals surface area contributed by atoms with Gasteiger partial charge in [0.1, 0.15) is 0 Å². The third-order valence-electron chi connectivity index (χ3n) is 3.81. The molecule has 118 valence electrons. The third kappa shape index (κ3) is 2.61. The van der Waals surface area contributed by atoms with E-state index in [0.29, 0.717) is 11.5 Å². The normalized spacial score (nSPS) is 13.4. The van der Waals surface area contributed by atoms with E-state index in [4.69, 9.17) is 4.84 Å². The molecule has 0 saturated carbocycles. The highest BCUT2D eigenvalue weighted by atomic mass is 16.7. The van der Waals surface area contributed by atoms with Gasteiger partial charge in [-0.2, -0.15) is 5.10 Å². The molecule has 1 aliphatic rings. The van der Waals surface area contributed by atoms with Crippen molar-refractivity contribution in [3.63, 3.8) is 0 Å². The number of imide groups is 1. The largest absolute Gasteiger partial charge is 0.333 e. The van der Waals surface area contributed by atoms with Crippen LogP contribution in [0.3, 0.4) is 0 Å². The van der Waals surface area contributed by atoms with E-state index in [1.54, 1.807) is 12.1 Å². The first kappa shape index (κ1) is 15.0. The Bertz CT molecular complexity index is 755. The lowest BCUT2D eigenvalue weighted by molar-refractivity contribution is -0.168. The Labute approximate surface area is 132 Å². The number of rotatable bonds is 4. The Morgan fingerprint density at radius 2 is 1.78 bits per heavy atom. The summed E-state index contributed by atoms with van der Waals surface area (Å²) >= 11 is 0. The monoisotopic (exact) mass is 313 g/mol. The minimum absolute atomic E-state index is 0.0502. The number of fused-ring (bicyclic) bond motifs is 1. The maximum absolute atomic E-state index is 12.1. The molecule has 0 unspecified atom stereocenters. The molecule has 2 aromatic rings. The van der Waals surface area contributed by atoms with E-state index < -0.39 is 17.8 Å². The van der Waals surface area contributed by atoms with Crippen LogP contribution in [-0.2, 0) is 16.1 Å². The van der Waals surface area contributed by atoms with Gasteiger partial charge in [0.25, 0.3) is 11.8 Å². The van der Waals surface area contributed by atoms with Gasteiger partial charge in [0.05, 0.1) is 23.2 Å². The van der Waals surface area contributed by atoms with Crippen LogP contribution in [0.25, 0.3) is 0 Å². The zero-order valence-electron chi connectivity index (χ0n) is 12.8. The molecule has 1 N–H and O–H groups in total. The van der Waals surface area contributed by atoms with Crippen molar-refractivity contribution in [2.24, 2.45) is 0 Å². The molecule has 23 heavy (non-hydrogen) atoms. The number of aryl methyl sites for hydroxylation is 2. The predicted molar refractivity (Wildman–Crippen MR) is 79.4 cm³/mol. The van der Waals surface area contributed by atoms with Gasteiger partial charge in [-0.05, 0) is 38.0 Å². The molecular weight excluding hydrogens is 298 g/mol. The lowest BCUT2D eigenvalue weighted by atomic mass is 10.1. The van der Waals surface area contributed by atoms with Gasteiger partial charge < -0.3 is 4.84 Å². The Morgan fingerprint density at radius 1 is 1.17 bits per heavy atom. The van der Waals surface area contributed by atoms with E-state index in [0.717, 1.165) is 17.0 Å². The number of hydroxylamine groups is 2. The molecule has 0 aliphatic carbocycles. The van der Waals surface area contributed by atoms with E-state index in [9.17, 15) is 14.4 Å². The second-order valence-electron chi connectivity index (χ2n) is 5.33. The summed E-state index contributed by atoms with van der Waals surface area (Å²) in [6.45, 7) is 3.71. The fourth-order valence-corrected chi connectivity index (χ4v) is 2.57. The Morgan fingerprint density at radius 3 is 2.30 bits per heavy atom. The number of nitrogens with one attached hydrogen (secondary N) is 1. The van der Waals surface area contributed by atoms with Crippen molar-refractivity contribution >= 4 is 17.8 Å². The number of hydrogen-bond donors (Lipinski definition) is 1. The minimum Gasteiger partial charge on any atom is -0.330 e. The number of carbonyl (C=O) groups excluding carboxylic acids is 3. The number of aromatic amines is 1. The Hall–Kier alpha value is -2.96. The highest BCUT2D eigenvalue weighted by Crippen LogP contribution is 2.23. The first-order valence-electron chi connectivity index (χ1n) is 7.18. The zero-order chi connectivity index (χ0) is 16.6. The van der Waals surface area contributed by atoms with E-state index in [-0.39, 0.29) is 17.5 Å². The molecular formula is C16H15N3O4. The maximum atomic E-state index is 12.1. The Balaban J connectivity index is 1.65. The molecule has 0 saturated heterocycles.